The quantitative estimate of drug-likeness (QED) is 0.757. The number of ether oxygens (including phenoxy) is 1. The Bertz CT molecular complexity index is 752. The number of amides is 2. The second-order valence-corrected chi connectivity index (χ2v) is 8.11. The third-order valence-electron chi connectivity index (χ3n) is 4.07. The number of nitrogens with zero attached hydrogens (tertiary/aromatic N) is 1. The van der Waals surface area contributed by atoms with Gasteiger partial charge in [0.25, 0.3) is 0 Å². The predicted molar refractivity (Wildman–Crippen MR) is 93.0 cm³/mol. The van der Waals surface area contributed by atoms with Gasteiger partial charge in [-0.3, -0.25) is 18.8 Å². The highest BCUT2D eigenvalue weighted by Gasteiger charge is 2.33. The molecule has 2 aliphatic rings. The molecule has 2 heterocycles. The maximum absolute atomic E-state index is 14.5. The third kappa shape index (κ3) is 3.94. The lowest BCUT2D eigenvalue weighted by Gasteiger charge is -2.22. The number of carbonyl (C=O) groups is 2. The van der Waals surface area contributed by atoms with Crippen LogP contribution >= 0.6 is 10.6 Å². The standard InChI is InChI=1S/C16H19FN2O5S/c1-10(20)18-7-13-8-19(16(21)24-13)12-2-3-14(15(17)6-12)11-4-5-25(22,23)9-11/h2-3,6,9,13,22-23H,4-5,7-8H2,1H3,(H,18,20)/t13-/m0/s1. The van der Waals surface area contributed by atoms with E-state index in [1.807, 2.05) is 0 Å². The number of anilines is 1. The molecule has 1 aromatic carbocycles. The SMILES string of the molecule is CC(=O)NC[C@H]1CN(c2ccc(C3=CS(O)(O)CC3)c(F)c2)C(=O)O1. The first-order valence-corrected chi connectivity index (χ1v) is 9.52. The summed E-state index contributed by atoms with van der Waals surface area (Å²) in [5.41, 5.74) is 1.20. The summed E-state index contributed by atoms with van der Waals surface area (Å²) < 4.78 is 38.9. The van der Waals surface area contributed by atoms with Gasteiger partial charge in [0.2, 0.25) is 5.91 Å². The minimum Gasteiger partial charge on any atom is -0.442 e. The van der Waals surface area contributed by atoms with Crippen LogP contribution in [-0.2, 0) is 9.53 Å². The molecular formula is C16H19FN2O5S. The van der Waals surface area contributed by atoms with Gasteiger partial charge in [0.15, 0.2) is 0 Å². The highest BCUT2D eigenvalue weighted by atomic mass is 32.3. The lowest BCUT2D eigenvalue weighted by Crippen LogP contribution is -2.33. The van der Waals surface area contributed by atoms with Crippen molar-refractivity contribution in [2.45, 2.75) is 19.4 Å². The zero-order valence-electron chi connectivity index (χ0n) is 13.6. The number of carbonyl (C=O) groups excluding carboxylic acids is 2. The fourth-order valence-electron chi connectivity index (χ4n) is 2.83. The van der Waals surface area contributed by atoms with E-state index in [0.29, 0.717) is 23.2 Å². The number of nitrogens with one attached hydrogen (secondary N) is 1. The van der Waals surface area contributed by atoms with Crippen molar-refractivity contribution in [2.24, 2.45) is 0 Å². The molecule has 136 valence electrons. The van der Waals surface area contributed by atoms with Gasteiger partial charge in [-0.15, -0.1) is 0 Å². The largest absolute Gasteiger partial charge is 0.442 e. The van der Waals surface area contributed by atoms with Crippen LogP contribution in [0.2, 0.25) is 0 Å². The zero-order valence-corrected chi connectivity index (χ0v) is 14.4. The number of hydrogen-bond acceptors (Lipinski definition) is 5. The van der Waals surface area contributed by atoms with Gasteiger partial charge in [0.1, 0.15) is 11.9 Å². The second kappa shape index (κ2) is 6.66. The molecule has 0 spiro atoms. The van der Waals surface area contributed by atoms with E-state index in [1.165, 1.54) is 29.4 Å². The molecular weight excluding hydrogens is 351 g/mol. The zero-order chi connectivity index (χ0) is 18.2. The Kier molecular flexibility index (Phi) is 4.72. The average Bonchev–Trinajstić information content (AvgIpc) is 3.07. The molecule has 3 N–H and O–H groups in total. The topological polar surface area (TPSA) is 99.1 Å². The Balaban J connectivity index is 1.75. The number of hydrogen-bond donors (Lipinski definition) is 3. The highest BCUT2D eigenvalue weighted by molar-refractivity contribution is 8.27. The molecule has 2 aliphatic heterocycles. The van der Waals surface area contributed by atoms with E-state index in [4.69, 9.17) is 4.74 Å². The third-order valence-corrected chi connectivity index (χ3v) is 5.53. The van der Waals surface area contributed by atoms with Crippen molar-refractivity contribution in [3.8, 4) is 0 Å². The van der Waals surface area contributed by atoms with Crippen molar-refractivity contribution < 1.29 is 27.8 Å². The summed E-state index contributed by atoms with van der Waals surface area (Å²) in [5, 5.41) is 3.89. The number of halogens is 1. The summed E-state index contributed by atoms with van der Waals surface area (Å²) in [5.74, 6) is -0.563. The lowest BCUT2D eigenvalue weighted by atomic mass is 10.0. The summed E-state index contributed by atoms with van der Waals surface area (Å²) in [6.07, 6.45) is -0.704. The van der Waals surface area contributed by atoms with Gasteiger partial charge in [-0.25, -0.2) is 9.18 Å². The van der Waals surface area contributed by atoms with Crippen molar-refractivity contribution in [3.63, 3.8) is 0 Å². The highest BCUT2D eigenvalue weighted by Crippen LogP contribution is 2.51. The smallest absolute Gasteiger partial charge is 0.414 e. The summed E-state index contributed by atoms with van der Waals surface area (Å²) in [6, 6.07) is 4.33. The van der Waals surface area contributed by atoms with Crippen LogP contribution in [0.5, 0.6) is 0 Å². The first kappa shape index (κ1) is 17.7. The minimum absolute atomic E-state index is 0.197. The number of cyclic esters (lactones) is 1. The van der Waals surface area contributed by atoms with Crippen LogP contribution in [0.3, 0.4) is 0 Å². The maximum atomic E-state index is 14.5. The van der Waals surface area contributed by atoms with Crippen molar-refractivity contribution in [3.05, 3.63) is 35.0 Å². The molecule has 1 atom stereocenters. The summed E-state index contributed by atoms with van der Waals surface area (Å²) in [4.78, 5) is 24.2. The Labute approximate surface area is 145 Å². The number of allylic oxidation sites excluding steroid dienone is 1. The van der Waals surface area contributed by atoms with Crippen molar-refractivity contribution in [1.29, 1.82) is 0 Å². The van der Waals surface area contributed by atoms with Gasteiger partial charge >= 0.3 is 6.09 Å². The Morgan fingerprint density at radius 1 is 1.48 bits per heavy atom. The van der Waals surface area contributed by atoms with Gasteiger partial charge in [0, 0.05) is 23.6 Å². The van der Waals surface area contributed by atoms with E-state index in [9.17, 15) is 23.1 Å². The van der Waals surface area contributed by atoms with Crippen LogP contribution < -0.4 is 10.2 Å². The maximum Gasteiger partial charge on any atom is 0.414 e. The first-order valence-electron chi connectivity index (χ1n) is 7.74. The summed E-state index contributed by atoms with van der Waals surface area (Å²) in [7, 11) is -2.76. The summed E-state index contributed by atoms with van der Waals surface area (Å²) >= 11 is 0. The van der Waals surface area contributed by atoms with Gasteiger partial charge < -0.3 is 10.1 Å². The van der Waals surface area contributed by atoms with Crippen LogP contribution in [0.4, 0.5) is 14.9 Å². The van der Waals surface area contributed by atoms with Crippen LogP contribution in [0.15, 0.2) is 23.6 Å². The van der Waals surface area contributed by atoms with Crippen molar-refractivity contribution in [2.75, 3.05) is 23.7 Å². The Morgan fingerprint density at radius 3 is 2.84 bits per heavy atom. The van der Waals surface area contributed by atoms with E-state index in [1.54, 1.807) is 6.07 Å². The summed E-state index contributed by atoms with van der Waals surface area (Å²) in [6.45, 7) is 1.78. The Hall–Kier alpha value is -2.10. The molecule has 2 amide bonds. The van der Waals surface area contributed by atoms with E-state index in [2.05, 4.69) is 5.32 Å². The van der Waals surface area contributed by atoms with Gasteiger partial charge in [-0.2, -0.15) is 10.6 Å². The molecule has 0 radical (unpaired) electrons. The average molecular weight is 370 g/mol. The molecule has 0 aliphatic carbocycles. The fraction of sp³-hybridized carbons (Fsp3) is 0.375. The van der Waals surface area contributed by atoms with E-state index in [0.717, 1.165) is 0 Å². The van der Waals surface area contributed by atoms with Crippen LogP contribution in [-0.4, -0.2) is 46.1 Å². The lowest BCUT2D eigenvalue weighted by molar-refractivity contribution is -0.119. The van der Waals surface area contributed by atoms with Crippen LogP contribution in [0.1, 0.15) is 18.9 Å². The minimum atomic E-state index is -2.76. The van der Waals surface area contributed by atoms with E-state index >= 15 is 0 Å². The number of rotatable bonds is 4. The van der Waals surface area contributed by atoms with E-state index in [-0.39, 0.29) is 24.7 Å². The predicted octanol–water partition coefficient (Wildman–Crippen LogP) is 2.78. The molecule has 0 saturated carbocycles. The van der Waals surface area contributed by atoms with Gasteiger partial charge in [-0.05, 0) is 30.2 Å². The molecule has 1 aromatic rings. The molecule has 0 unspecified atom stereocenters. The molecule has 3 rings (SSSR count). The first-order chi connectivity index (χ1) is 11.7. The van der Waals surface area contributed by atoms with Crippen molar-refractivity contribution >= 4 is 33.9 Å². The molecule has 1 saturated heterocycles. The Morgan fingerprint density at radius 2 is 2.24 bits per heavy atom. The van der Waals surface area contributed by atoms with Crippen molar-refractivity contribution in [1.82, 2.24) is 5.32 Å². The monoisotopic (exact) mass is 370 g/mol. The van der Waals surface area contributed by atoms with Crippen LogP contribution in [0.25, 0.3) is 5.57 Å². The number of benzene rings is 1. The normalized spacial score (nSPS) is 23.2. The molecule has 25 heavy (non-hydrogen) atoms. The van der Waals surface area contributed by atoms with Gasteiger partial charge in [0.05, 0.1) is 18.8 Å². The second-order valence-electron chi connectivity index (χ2n) is 6.03. The van der Waals surface area contributed by atoms with Gasteiger partial charge in [-0.1, -0.05) is 0 Å². The molecule has 0 bridgehead atoms. The fourth-order valence-corrected chi connectivity index (χ4v) is 4.17. The van der Waals surface area contributed by atoms with E-state index < -0.39 is 28.6 Å². The molecule has 0 aromatic heterocycles. The molecule has 1 fully saturated rings. The van der Waals surface area contributed by atoms with Crippen LogP contribution in [0, 0.1) is 5.82 Å². The molecule has 7 nitrogen and oxygen atoms in total. The molecule has 9 heteroatoms.